The van der Waals surface area contributed by atoms with Crippen LogP contribution in [0.1, 0.15) is 33.1 Å². The summed E-state index contributed by atoms with van der Waals surface area (Å²) in [7, 11) is 0. The SMILES string of the molecule is CC1CC(C)CC(SC[C@H](N)C(=O)O)C1. The topological polar surface area (TPSA) is 63.3 Å². The van der Waals surface area contributed by atoms with Crippen LogP contribution in [0.2, 0.25) is 0 Å². The van der Waals surface area contributed by atoms with E-state index in [4.69, 9.17) is 10.8 Å². The number of hydrogen-bond acceptors (Lipinski definition) is 3. The summed E-state index contributed by atoms with van der Waals surface area (Å²) in [6.45, 7) is 4.56. The van der Waals surface area contributed by atoms with E-state index in [0.717, 1.165) is 11.8 Å². The molecule has 0 heterocycles. The van der Waals surface area contributed by atoms with E-state index in [1.165, 1.54) is 19.3 Å². The minimum absolute atomic E-state index is 0.541. The lowest BCUT2D eigenvalue weighted by Crippen LogP contribution is -2.34. The van der Waals surface area contributed by atoms with Crippen LogP contribution in [-0.2, 0) is 4.79 Å². The van der Waals surface area contributed by atoms with Gasteiger partial charge in [0.05, 0.1) is 0 Å². The molecule has 1 saturated carbocycles. The predicted molar refractivity (Wildman–Crippen MR) is 64.0 cm³/mol. The van der Waals surface area contributed by atoms with Gasteiger partial charge in [0.2, 0.25) is 0 Å². The van der Waals surface area contributed by atoms with Crippen LogP contribution < -0.4 is 5.73 Å². The molecule has 1 aliphatic carbocycles. The van der Waals surface area contributed by atoms with Crippen LogP contribution in [0.5, 0.6) is 0 Å². The standard InChI is InChI=1S/C11H21NO2S/c1-7-3-8(2)5-9(4-7)15-6-10(12)11(13)14/h7-10H,3-6,12H2,1-2H3,(H,13,14)/t7?,8?,9?,10-/m0/s1. The zero-order valence-corrected chi connectivity index (χ0v) is 10.3. The highest BCUT2D eigenvalue weighted by atomic mass is 32.2. The van der Waals surface area contributed by atoms with Crippen molar-refractivity contribution in [2.75, 3.05) is 5.75 Å². The highest BCUT2D eigenvalue weighted by Crippen LogP contribution is 2.35. The summed E-state index contributed by atoms with van der Waals surface area (Å²) in [6, 6.07) is -0.706. The van der Waals surface area contributed by atoms with Gasteiger partial charge in [-0.25, -0.2) is 0 Å². The number of nitrogens with two attached hydrogens (primary N) is 1. The number of thioether (sulfide) groups is 1. The average Bonchev–Trinajstić information content (AvgIpc) is 2.12. The Morgan fingerprint density at radius 3 is 2.40 bits per heavy atom. The van der Waals surface area contributed by atoms with Gasteiger partial charge >= 0.3 is 5.97 Å². The van der Waals surface area contributed by atoms with Gasteiger partial charge in [-0.15, -0.1) is 0 Å². The molecule has 1 aliphatic rings. The number of aliphatic carboxylic acids is 1. The first-order chi connectivity index (χ1) is 6.99. The van der Waals surface area contributed by atoms with Crippen LogP contribution in [0.3, 0.4) is 0 Å². The zero-order valence-electron chi connectivity index (χ0n) is 9.48. The van der Waals surface area contributed by atoms with E-state index < -0.39 is 12.0 Å². The molecule has 0 saturated heterocycles. The molecule has 3 atom stereocenters. The summed E-state index contributed by atoms with van der Waals surface area (Å²) in [5, 5.41) is 9.28. The minimum atomic E-state index is -0.889. The Kier molecular flexibility index (Phi) is 4.93. The van der Waals surface area contributed by atoms with Gasteiger partial charge in [0, 0.05) is 11.0 Å². The molecule has 0 spiro atoms. The fraction of sp³-hybridized carbons (Fsp3) is 0.909. The molecule has 0 aromatic rings. The van der Waals surface area contributed by atoms with Crippen molar-refractivity contribution in [3.63, 3.8) is 0 Å². The van der Waals surface area contributed by atoms with Crippen molar-refractivity contribution in [3.8, 4) is 0 Å². The second-order valence-corrected chi connectivity index (χ2v) is 6.15. The average molecular weight is 231 g/mol. The number of hydrogen-bond donors (Lipinski definition) is 2. The zero-order chi connectivity index (χ0) is 11.4. The Morgan fingerprint density at radius 1 is 1.40 bits per heavy atom. The van der Waals surface area contributed by atoms with Gasteiger partial charge in [-0.1, -0.05) is 13.8 Å². The number of carbonyl (C=O) groups is 1. The monoisotopic (exact) mass is 231 g/mol. The van der Waals surface area contributed by atoms with E-state index >= 15 is 0 Å². The molecule has 15 heavy (non-hydrogen) atoms. The summed E-state index contributed by atoms with van der Waals surface area (Å²) >= 11 is 1.74. The van der Waals surface area contributed by atoms with E-state index in [-0.39, 0.29) is 0 Å². The molecule has 0 aliphatic heterocycles. The molecular weight excluding hydrogens is 210 g/mol. The van der Waals surface area contributed by atoms with Crippen molar-refractivity contribution in [1.29, 1.82) is 0 Å². The van der Waals surface area contributed by atoms with Crippen molar-refractivity contribution < 1.29 is 9.90 Å². The Morgan fingerprint density at radius 2 is 1.93 bits per heavy atom. The first-order valence-corrected chi connectivity index (χ1v) is 6.64. The van der Waals surface area contributed by atoms with Gasteiger partial charge in [-0.3, -0.25) is 4.79 Å². The first kappa shape index (κ1) is 12.8. The van der Waals surface area contributed by atoms with E-state index in [1.807, 2.05) is 0 Å². The van der Waals surface area contributed by atoms with Gasteiger partial charge in [-0.05, 0) is 31.1 Å². The molecule has 0 aromatic heterocycles. The van der Waals surface area contributed by atoms with Crippen LogP contribution in [0.4, 0.5) is 0 Å². The van der Waals surface area contributed by atoms with Crippen LogP contribution in [0, 0.1) is 11.8 Å². The van der Waals surface area contributed by atoms with Gasteiger partial charge in [0.15, 0.2) is 0 Å². The highest BCUT2D eigenvalue weighted by molar-refractivity contribution is 7.99. The lowest BCUT2D eigenvalue weighted by atomic mass is 9.83. The van der Waals surface area contributed by atoms with Crippen molar-refractivity contribution >= 4 is 17.7 Å². The molecular formula is C11H21NO2S. The van der Waals surface area contributed by atoms with E-state index in [0.29, 0.717) is 11.0 Å². The van der Waals surface area contributed by atoms with Crippen molar-refractivity contribution in [3.05, 3.63) is 0 Å². The summed E-state index contributed by atoms with van der Waals surface area (Å²) < 4.78 is 0. The predicted octanol–water partition coefficient (Wildman–Crippen LogP) is 1.96. The Balaban J connectivity index is 2.29. The lowest BCUT2D eigenvalue weighted by molar-refractivity contribution is -0.137. The molecule has 0 bridgehead atoms. The molecule has 0 radical (unpaired) electrons. The third-order valence-electron chi connectivity index (χ3n) is 2.96. The van der Waals surface area contributed by atoms with Crippen LogP contribution in [-0.4, -0.2) is 28.1 Å². The highest BCUT2D eigenvalue weighted by Gasteiger charge is 2.25. The number of rotatable bonds is 4. The molecule has 0 aromatic carbocycles. The van der Waals surface area contributed by atoms with Gasteiger partial charge < -0.3 is 10.8 Å². The van der Waals surface area contributed by atoms with Crippen LogP contribution >= 0.6 is 11.8 Å². The third-order valence-corrected chi connectivity index (χ3v) is 4.37. The van der Waals surface area contributed by atoms with E-state index in [1.54, 1.807) is 11.8 Å². The Labute approximate surface area is 95.8 Å². The molecule has 1 rings (SSSR count). The van der Waals surface area contributed by atoms with E-state index in [9.17, 15) is 4.79 Å². The Bertz CT molecular complexity index is 213. The van der Waals surface area contributed by atoms with Crippen LogP contribution in [0.15, 0.2) is 0 Å². The molecule has 3 nitrogen and oxygen atoms in total. The summed E-state index contributed by atoms with van der Waals surface area (Å²) in [5.41, 5.74) is 5.48. The maximum absolute atomic E-state index is 10.6. The maximum Gasteiger partial charge on any atom is 0.321 e. The summed E-state index contributed by atoms with van der Waals surface area (Å²) in [4.78, 5) is 10.6. The molecule has 0 amide bonds. The molecule has 88 valence electrons. The smallest absolute Gasteiger partial charge is 0.321 e. The van der Waals surface area contributed by atoms with Crippen molar-refractivity contribution in [2.45, 2.75) is 44.4 Å². The van der Waals surface area contributed by atoms with Crippen molar-refractivity contribution in [1.82, 2.24) is 0 Å². The molecule has 4 heteroatoms. The lowest BCUT2D eigenvalue weighted by Gasteiger charge is -2.31. The fourth-order valence-electron chi connectivity index (χ4n) is 2.32. The normalized spacial score (nSPS) is 33.7. The Hall–Kier alpha value is -0.220. The van der Waals surface area contributed by atoms with Crippen LogP contribution in [0.25, 0.3) is 0 Å². The molecule has 1 fully saturated rings. The second kappa shape index (κ2) is 5.75. The van der Waals surface area contributed by atoms with Gasteiger partial charge in [0.1, 0.15) is 6.04 Å². The van der Waals surface area contributed by atoms with Gasteiger partial charge in [0.25, 0.3) is 0 Å². The minimum Gasteiger partial charge on any atom is -0.480 e. The summed E-state index contributed by atoms with van der Waals surface area (Å²) in [5.74, 6) is 1.19. The molecule has 3 N–H and O–H groups in total. The largest absolute Gasteiger partial charge is 0.480 e. The molecule has 2 unspecified atom stereocenters. The third kappa shape index (κ3) is 4.43. The quantitative estimate of drug-likeness (QED) is 0.776. The number of carboxylic acid groups (broad SMARTS) is 1. The summed E-state index contributed by atoms with van der Waals surface area (Å²) in [6.07, 6.45) is 3.73. The van der Waals surface area contributed by atoms with Crippen molar-refractivity contribution in [2.24, 2.45) is 17.6 Å². The fourth-order valence-corrected chi connectivity index (χ4v) is 3.87. The van der Waals surface area contributed by atoms with E-state index in [2.05, 4.69) is 13.8 Å². The maximum atomic E-state index is 10.6. The van der Waals surface area contributed by atoms with Gasteiger partial charge in [-0.2, -0.15) is 11.8 Å². The number of carboxylic acids is 1. The first-order valence-electron chi connectivity index (χ1n) is 5.59. The second-order valence-electron chi connectivity index (χ2n) is 4.82.